The first-order chi connectivity index (χ1) is 13.1. The van der Waals surface area contributed by atoms with Crippen molar-refractivity contribution in [3.8, 4) is 0 Å². The molecule has 4 rings (SSSR count). The largest absolute Gasteiger partial charge is 0.360 e. The lowest BCUT2D eigenvalue weighted by molar-refractivity contribution is -0.136. The van der Waals surface area contributed by atoms with E-state index in [1.54, 1.807) is 6.07 Å². The van der Waals surface area contributed by atoms with Crippen LogP contribution in [0.25, 0.3) is 0 Å². The second kappa shape index (κ2) is 8.03. The molecule has 0 aromatic carbocycles. The number of carbonyl (C=O) groups is 2. The standard InChI is InChI=1S/C21H31N3O3/c1-14-11-17(22-21(26)18-13-19(27-23-18)16-7-8-16)9-10-24(14)20(25)12-15-5-3-2-4-6-15/h13-17H,2-12H2,1H3,(H,22,26)/t14-,17-/m1/s1. The highest BCUT2D eigenvalue weighted by atomic mass is 16.5. The maximum absolute atomic E-state index is 12.7. The van der Waals surface area contributed by atoms with Crippen molar-refractivity contribution in [3.63, 3.8) is 0 Å². The highest BCUT2D eigenvalue weighted by Crippen LogP contribution is 2.40. The van der Waals surface area contributed by atoms with E-state index in [0.717, 1.165) is 38.0 Å². The van der Waals surface area contributed by atoms with Crippen molar-refractivity contribution in [3.05, 3.63) is 17.5 Å². The average Bonchev–Trinajstić information content (AvgIpc) is 3.39. The number of likely N-dealkylation sites (tertiary alicyclic amines) is 1. The molecule has 0 radical (unpaired) electrons. The van der Waals surface area contributed by atoms with E-state index in [1.807, 2.05) is 4.90 Å². The first-order valence-electron chi connectivity index (χ1n) is 10.7. The number of amides is 2. The summed E-state index contributed by atoms with van der Waals surface area (Å²) in [5, 5.41) is 7.00. The molecule has 1 aromatic rings. The van der Waals surface area contributed by atoms with Gasteiger partial charge in [0, 0.05) is 37.0 Å². The minimum atomic E-state index is -0.162. The van der Waals surface area contributed by atoms with Crippen LogP contribution in [0.2, 0.25) is 0 Å². The van der Waals surface area contributed by atoms with Crippen molar-refractivity contribution < 1.29 is 14.1 Å². The van der Waals surface area contributed by atoms with E-state index in [0.29, 0.717) is 29.9 Å². The zero-order valence-corrected chi connectivity index (χ0v) is 16.3. The van der Waals surface area contributed by atoms with E-state index in [-0.39, 0.29) is 18.0 Å². The summed E-state index contributed by atoms with van der Waals surface area (Å²) in [6, 6.07) is 2.03. The van der Waals surface area contributed by atoms with Gasteiger partial charge in [-0.15, -0.1) is 0 Å². The van der Waals surface area contributed by atoms with E-state index >= 15 is 0 Å². The predicted octanol–water partition coefficient (Wildman–Crippen LogP) is 3.63. The Bertz CT molecular complexity index is 676. The van der Waals surface area contributed by atoms with Crippen LogP contribution in [0.3, 0.4) is 0 Å². The third kappa shape index (κ3) is 4.53. The van der Waals surface area contributed by atoms with Gasteiger partial charge in [-0.3, -0.25) is 9.59 Å². The Kier molecular flexibility index (Phi) is 5.50. The fourth-order valence-electron chi connectivity index (χ4n) is 4.65. The van der Waals surface area contributed by atoms with Gasteiger partial charge >= 0.3 is 0 Å². The highest BCUT2D eigenvalue weighted by molar-refractivity contribution is 5.92. The van der Waals surface area contributed by atoms with Crippen LogP contribution in [0.15, 0.2) is 10.6 Å². The summed E-state index contributed by atoms with van der Waals surface area (Å²) in [4.78, 5) is 27.2. The van der Waals surface area contributed by atoms with Crippen LogP contribution < -0.4 is 5.32 Å². The van der Waals surface area contributed by atoms with Crippen molar-refractivity contribution in [2.24, 2.45) is 5.92 Å². The summed E-state index contributed by atoms with van der Waals surface area (Å²) < 4.78 is 5.28. The Balaban J connectivity index is 1.26. The van der Waals surface area contributed by atoms with Crippen LogP contribution in [0, 0.1) is 5.92 Å². The van der Waals surface area contributed by atoms with Crippen molar-refractivity contribution in [2.45, 2.75) is 89.1 Å². The second-order valence-electron chi connectivity index (χ2n) is 8.73. The maximum Gasteiger partial charge on any atom is 0.273 e. The Morgan fingerprint density at radius 1 is 1.19 bits per heavy atom. The van der Waals surface area contributed by atoms with Gasteiger partial charge in [0.2, 0.25) is 5.91 Å². The molecular formula is C21H31N3O3. The number of rotatable bonds is 5. The van der Waals surface area contributed by atoms with Crippen molar-refractivity contribution in [1.82, 2.24) is 15.4 Å². The summed E-state index contributed by atoms with van der Waals surface area (Å²) in [5.41, 5.74) is 0.375. The molecule has 2 amide bonds. The number of piperidine rings is 1. The Morgan fingerprint density at radius 3 is 2.67 bits per heavy atom. The Labute approximate surface area is 161 Å². The van der Waals surface area contributed by atoms with Crippen LogP contribution in [0.5, 0.6) is 0 Å². The fraction of sp³-hybridized carbons (Fsp3) is 0.762. The lowest BCUT2D eigenvalue weighted by atomic mass is 9.86. The van der Waals surface area contributed by atoms with E-state index in [4.69, 9.17) is 4.52 Å². The number of nitrogens with one attached hydrogen (secondary N) is 1. The number of nitrogens with zero attached hydrogens (tertiary/aromatic N) is 2. The maximum atomic E-state index is 12.7. The van der Waals surface area contributed by atoms with Crippen LogP contribution in [-0.2, 0) is 4.79 Å². The summed E-state index contributed by atoms with van der Waals surface area (Å²) in [6.07, 6.45) is 10.8. The molecule has 0 spiro atoms. The van der Waals surface area contributed by atoms with E-state index < -0.39 is 0 Å². The highest BCUT2D eigenvalue weighted by Gasteiger charge is 2.32. The number of hydrogen-bond acceptors (Lipinski definition) is 4. The zero-order chi connectivity index (χ0) is 18.8. The topological polar surface area (TPSA) is 75.4 Å². The molecule has 3 fully saturated rings. The van der Waals surface area contributed by atoms with E-state index in [9.17, 15) is 9.59 Å². The molecule has 27 heavy (non-hydrogen) atoms. The van der Waals surface area contributed by atoms with Gasteiger partial charge in [-0.1, -0.05) is 24.4 Å². The quantitative estimate of drug-likeness (QED) is 0.855. The van der Waals surface area contributed by atoms with Crippen molar-refractivity contribution >= 4 is 11.8 Å². The van der Waals surface area contributed by atoms with Gasteiger partial charge in [-0.2, -0.15) is 0 Å². The molecule has 6 nitrogen and oxygen atoms in total. The SMILES string of the molecule is C[C@@H]1C[C@H](NC(=O)c2cc(C3CC3)on2)CCN1C(=O)CC1CCCCC1. The summed E-state index contributed by atoms with van der Waals surface area (Å²) >= 11 is 0. The van der Waals surface area contributed by atoms with Gasteiger partial charge in [-0.25, -0.2) is 0 Å². The third-order valence-corrected chi connectivity index (χ3v) is 6.46. The first-order valence-corrected chi connectivity index (χ1v) is 10.7. The zero-order valence-electron chi connectivity index (χ0n) is 16.3. The van der Waals surface area contributed by atoms with Gasteiger partial charge in [0.05, 0.1) is 0 Å². The van der Waals surface area contributed by atoms with E-state index in [1.165, 1.54) is 32.1 Å². The molecule has 2 saturated carbocycles. The van der Waals surface area contributed by atoms with Gasteiger partial charge in [0.1, 0.15) is 5.76 Å². The molecule has 2 heterocycles. The Morgan fingerprint density at radius 2 is 1.96 bits per heavy atom. The van der Waals surface area contributed by atoms with E-state index in [2.05, 4.69) is 17.4 Å². The lowest BCUT2D eigenvalue weighted by Crippen LogP contribution is -2.51. The average molecular weight is 373 g/mol. The van der Waals surface area contributed by atoms with Crippen LogP contribution >= 0.6 is 0 Å². The minimum Gasteiger partial charge on any atom is -0.360 e. The molecule has 2 aliphatic carbocycles. The first kappa shape index (κ1) is 18.5. The fourth-order valence-corrected chi connectivity index (χ4v) is 4.65. The predicted molar refractivity (Wildman–Crippen MR) is 101 cm³/mol. The van der Waals surface area contributed by atoms with Gasteiger partial charge in [0.25, 0.3) is 5.91 Å². The van der Waals surface area contributed by atoms with Gasteiger partial charge in [-0.05, 0) is 51.4 Å². The molecule has 0 bridgehead atoms. The molecule has 3 aliphatic rings. The summed E-state index contributed by atoms with van der Waals surface area (Å²) in [6.45, 7) is 2.82. The molecule has 1 N–H and O–H groups in total. The molecule has 6 heteroatoms. The molecule has 1 aliphatic heterocycles. The molecular weight excluding hydrogens is 342 g/mol. The summed E-state index contributed by atoms with van der Waals surface area (Å²) in [7, 11) is 0. The van der Waals surface area contributed by atoms with Crippen LogP contribution in [0.4, 0.5) is 0 Å². The molecule has 0 unspecified atom stereocenters. The molecule has 148 valence electrons. The van der Waals surface area contributed by atoms with Crippen LogP contribution in [-0.4, -0.2) is 40.5 Å². The Hall–Kier alpha value is -1.85. The van der Waals surface area contributed by atoms with Gasteiger partial charge in [0.15, 0.2) is 5.69 Å². The number of hydrogen-bond donors (Lipinski definition) is 1. The summed E-state index contributed by atoms with van der Waals surface area (Å²) in [5.74, 6) is 1.99. The molecule has 2 atom stereocenters. The second-order valence-corrected chi connectivity index (χ2v) is 8.73. The lowest BCUT2D eigenvalue weighted by Gasteiger charge is -2.38. The monoisotopic (exact) mass is 373 g/mol. The van der Waals surface area contributed by atoms with Crippen molar-refractivity contribution in [1.29, 1.82) is 0 Å². The minimum absolute atomic E-state index is 0.0901. The molecule has 1 aromatic heterocycles. The number of aromatic nitrogens is 1. The van der Waals surface area contributed by atoms with Gasteiger partial charge < -0.3 is 14.7 Å². The van der Waals surface area contributed by atoms with Crippen molar-refractivity contribution in [2.75, 3.05) is 6.54 Å². The normalized spacial score (nSPS) is 26.8. The third-order valence-electron chi connectivity index (χ3n) is 6.46. The number of carbonyl (C=O) groups excluding carboxylic acids is 2. The van der Waals surface area contributed by atoms with Crippen LogP contribution in [0.1, 0.15) is 93.3 Å². The smallest absolute Gasteiger partial charge is 0.273 e. The molecule has 1 saturated heterocycles.